The van der Waals surface area contributed by atoms with Gasteiger partial charge in [-0.3, -0.25) is 10.1 Å². The number of nitrogens with one attached hydrogen (secondary N) is 2. The van der Waals surface area contributed by atoms with Gasteiger partial charge in [0.1, 0.15) is 0 Å². The lowest BCUT2D eigenvalue weighted by molar-refractivity contribution is -0.895. The summed E-state index contributed by atoms with van der Waals surface area (Å²) in [5, 5.41) is 2.11. The number of ether oxygens (including phenoxy) is 1. The number of carbonyl (C=O) groups excluding carboxylic acids is 2. The normalized spacial score (nSPS) is 16.4. The van der Waals surface area contributed by atoms with E-state index in [0.717, 1.165) is 16.0 Å². The fourth-order valence-corrected chi connectivity index (χ4v) is 4.53. The summed E-state index contributed by atoms with van der Waals surface area (Å²) >= 11 is 0. The van der Waals surface area contributed by atoms with Gasteiger partial charge in [-0.05, 0) is 31.0 Å². The number of hydrogen-bond donors (Lipinski definition) is 2. The maximum atomic E-state index is 12.8. The molecule has 2 rings (SSSR count). The molecule has 2 N–H and O–H groups in total. The van der Waals surface area contributed by atoms with Crippen LogP contribution in [-0.4, -0.2) is 64.6 Å². The molecule has 0 aromatic heterocycles. The van der Waals surface area contributed by atoms with Crippen LogP contribution in [0, 0.1) is 13.8 Å². The largest absolute Gasteiger partial charge is 0.453 e. The summed E-state index contributed by atoms with van der Waals surface area (Å²) in [7, 11) is -2.36. The molecule has 138 valence electrons. The van der Waals surface area contributed by atoms with Gasteiger partial charge in [0.2, 0.25) is 10.0 Å². The lowest BCUT2D eigenvalue weighted by Gasteiger charge is -2.31. The van der Waals surface area contributed by atoms with Crippen LogP contribution in [0.5, 0.6) is 0 Å². The molecule has 0 saturated carbocycles. The number of benzene rings is 1. The number of piperazine rings is 1. The Kier molecular flexibility index (Phi) is 6.15. The van der Waals surface area contributed by atoms with Crippen molar-refractivity contribution >= 4 is 22.0 Å². The minimum absolute atomic E-state index is 0.104. The lowest BCUT2D eigenvalue weighted by atomic mass is 10.2. The number of sulfonamides is 1. The first-order valence-corrected chi connectivity index (χ1v) is 9.47. The summed E-state index contributed by atoms with van der Waals surface area (Å²) < 4.78 is 31.5. The monoisotopic (exact) mass is 370 g/mol. The van der Waals surface area contributed by atoms with E-state index in [9.17, 15) is 18.0 Å². The van der Waals surface area contributed by atoms with Crippen LogP contribution >= 0.6 is 0 Å². The topological polar surface area (TPSA) is 97.2 Å². The second-order valence-electron chi connectivity index (χ2n) is 6.14. The van der Waals surface area contributed by atoms with Crippen molar-refractivity contribution in [1.29, 1.82) is 0 Å². The number of rotatable bonds is 4. The van der Waals surface area contributed by atoms with Crippen LogP contribution < -0.4 is 10.2 Å². The minimum Gasteiger partial charge on any atom is -0.453 e. The first-order valence-electron chi connectivity index (χ1n) is 8.03. The number of aryl methyl sites for hydroxylation is 2. The minimum atomic E-state index is -3.54. The van der Waals surface area contributed by atoms with Gasteiger partial charge in [0.05, 0.1) is 38.2 Å². The average molecular weight is 370 g/mol. The zero-order valence-electron chi connectivity index (χ0n) is 14.7. The van der Waals surface area contributed by atoms with E-state index in [0.29, 0.717) is 31.1 Å². The molecule has 1 saturated heterocycles. The van der Waals surface area contributed by atoms with Gasteiger partial charge < -0.3 is 9.64 Å². The number of quaternary nitrogens is 1. The van der Waals surface area contributed by atoms with Crippen LogP contribution in [0.2, 0.25) is 0 Å². The van der Waals surface area contributed by atoms with Crippen molar-refractivity contribution in [2.75, 3.05) is 39.8 Å². The number of amides is 2. The van der Waals surface area contributed by atoms with Crippen molar-refractivity contribution in [2.24, 2.45) is 0 Å². The number of alkyl carbamates (subject to hydrolysis) is 1. The summed E-state index contributed by atoms with van der Waals surface area (Å²) in [6, 6.07) is 5.38. The van der Waals surface area contributed by atoms with Gasteiger partial charge in [-0.25, -0.2) is 13.2 Å². The third-order valence-corrected chi connectivity index (χ3v) is 6.27. The average Bonchev–Trinajstić information content (AvgIpc) is 2.57. The van der Waals surface area contributed by atoms with Crippen LogP contribution in [-0.2, 0) is 19.6 Å². The quantitative estimate of drug-likeness (QED) is 0.714. The zero-order chi connectivity index (χ0) is 18.6. The maximum absolute atomic E-state index is 12.8. The molecule has 1 fully saturated rings. The summed E-state index contributed by atoms with van der Waals surface area (Å²) in [6.45, 7) is 5.41. The first-order chi connectivity index (χ1) is 11.7. The standard InChI is InChI=1S/C16H23N3O5S/c1-12-4-5-13(2)14(10-12)25(22,23)19-8-6-18(7-9-19)11-15(20)17-16(21)24-3/h4-5,10H,6-9,11H2,1-3H3,(H,17,20,21)/p+1. The zero-order valence-corrected chi connectivity index (χ0v) is 15.5. The Morgan fingerprint density at radius 3 is 2.48 bits per heavy atom. The molecule has 0 spiro atoms. The van der Waals surface area contributed by atoms with Crippen molar-refractivity contribution in [3.05, 3.63) is 29.3 Å². The second kappa shape index (κ2) is 7.94. The van der Waals surface area contributed by atoms with Crippen molar-refractivity contribution in [1.82, 2.24) is 9.62 Å². The van der Waals surface area contributed by atoms with Crippen LogP contribution in [0.25, 0.3) is 0 Å². The maximum Gasteiger partial charge on any atom is 0.413 e. The van der Waals surface area contributed by atoms with Gasteiger partial charge in [0.15, 0.2) is 6.54 Å². The third-order valence-electron chi connectivity index (χ3n) is 4.23. The van der Waals surface area contributed by atoms with Gasteiger partial charge in [0, 0.05) is 0 Å². The Hall–Kier alpha value is -1.97. The smallest absolute Gasteiger partial charge is 0.413 e. The van der Waals surface area contributed by atoms with E-state index < -0.39 is 22.0 Å². The summed E-state index contributed by atoms with van der Waals surface area (Å²) in [4.78, 5) is 24.0. The summed E-state index contributed by atoms with van der Waals surface area (Å²) in [5.74, 6) is -0.437. The van der Waals surface area contributed by atoms with E-state index in [1.807, 2.05) is 13.0 Å². The first kappa shape index (κ1) is 19.4. The molecule has 1 aliphatic heterocycles. The van der Waals surface area contributed by atoms with Gasteiger partial charge in [-0.2, -0.15) is 4.31 Å². The number of imide groups is 1. The van der Waals surface area contributed by atoms with E-state index in [1.165, 1.54) is 11.4 Å². The molecule has 1 aromatic rings. The van der Waals surface area contributed by atoms with Gasteiger partial charge in [0.25, 0.3) is 5.91 Å². The molecule has 0 aliphatic carbocycles. The third kappa shape index (κ3) is 4.77. The van der Waals surface area contributed by atoms with E-state index >= 15 is 0 Å². The van der Waals surface area contributed by atoms with Crippen molar-refractivity contribution in [3.63, 3.8) is 0 Å². The highest BCUT2D eigenvalue weighted by molar-refractivity contribution is 7.89. The molecule has 8 nitrogen and oxygen atoms in total. The Morgan fingerprint density at radius 1 is 1.24 bits per heavy atom. The van der Waals surface area contributed by atoms with E-state index in [1.54, 1.807) is 19.1 Å². The van der Waals surface area contributed by atoms with Crippen LogP contribution in [0.15, 0.2) is 23.1 Å². The van der Waals surface area contributed by atoms with E-state index in [2.05, 4.69) is 10.1 Å². The molecule has 9 heteroatoms. The fourth-order valence-electron chi connectivity index (χ4n) is 2.78. The van der Waals surface area contributed by atoms with Crippen molar-refractivity contribution in [2.45, 2.75) is 18.7 Å². The molecule has 0 radical (unpaired) electrons. The molecule has 1 aliphatic rings. The molecular weight excluding hydrogens is 346 g/mol. The van der Waals surface area contributed by atoms with Gasteiger partial charge in [-0.15, -0.1) is 0 Å². The van der Waals surface area contributed by atoms with E-state index in [4.69, 9.17) is 0 Å². The Morgan fingerprint density at radius 2 is 1.88 bits per heavy atom. The number of nitrogens with zero attached hydrogens (tertiary/aromatic N) is 1. The highest BCUT2D eigenvalue weighted by Crippen LogP contribution is 2.21. The molecule has 0 unspecified atom stereocenters. The molecule has 0 bridgehead atoms. The predicted octanol–water partition coefficient (Wildman–Crippen LogP) is -0.925. The highest BCUT2D eigenvalue weighted by Gasteiger charge is 2.32. The number of carbonyl (C=O) groups is 2. The molecule has 2 amide bonds. The number of hydrogen-bond acceptors (Lipinski definition) is 5. The van der Waals surface area contributed by atoms with Crippen LogP contribution in [0.1, 0.15) is 11.1 Å². The Labute approximate surface area is 147 Å². The highest BCUT2D eigenvalue weighted by atomic mass is 32.2. The molecule has 1 heterocycles. The van der Waals surface area contributed by atoms with Crippen molar-refractivity contribution < 1.29 is 27.6 Å². The SMILES string of the molecule is COC(=O)NC(=O)C[NH+]1CCN(S(=O)(=O)c2cc(C)ccc2C)CC1. The molecular formula is C16H24N3O5S+. The lowest BCUT2D eigenvalue weighted by Crippen LogP contribution is -3.15. The van der Waals surface area contributed by atoms with Gasteiger partial charge >= 0.3 is 6.09 Å². The van der Waals surface area contributed by atoms with Crippen LogP contribution in [0.4, 0.5) is 4.79 Å². The van der Waals surface area contributed by atoms with Gasteiger partial charge in [-0.1, -0.05) is 12.1 Å². The fraction of sp³-hybridized carbons (Fsp3) is 0.500. The molecule has 1 aromatic carbocycles. The second-order valence-corrected chi connectivity index (χ2v) is 8.05. The molecule has 25 heavy (non-hydrogen) atoms. The van der Waals surface area contributed by atoms with E-state index in [-0.39, 0.29) is 6.54 Å². The number of methoxy groups -OCH3 is 1. The Balaban J connectivity index is 1.98. The van der Waals surface area contributed by atoms with Crippen molar-refractivity contribution in [3.8, 4) is 0 Å². The molecule has 0 atom stereocenters. The Bertz CT molecular complexity index is 755. The summed E-state index contributed by atoms with van der Waals surface area (Å²) in [5.41, 5.74) is 1.62. The summed E-state index contributed by atoms with van der Waals surface area (Å²) in [6.07, 6.45) is -0.791. The predicted molar refractivity (Wildman–Crippen MR) is 90.8 cm³/mol. The van der Waals surface area contributed by atoms with Crippen LogP contribution in [0.3, 0.4) is 0 Å².